The molecule has 2 aromatic heterocycles. The first-order valence-electron chi connectivity index (χ1n) is 12.9. The Balaban J connectivity index is 1.23. The van der Waals surface area contributed by atoms with E-state index >= 15 is 0 Å². The van der Waals surface area contributed by atoms with Crippen LogP contribution in [0.5, 0.6) is 17.4 Å². The van der Waals surface area contributed by atoms with Gasteiger partial charge in [-0.25, -0.2) is 14.5 Å². The molecule has 0 fully saturated rings. The van der Waals surface area contributed by atoms with Gasteiger partial charge in [0.05, 0.1) is 5.56 Å². The van der Waals surface area contributed by atoms with Gasteiger partial charge in [-0.15, -0.1) is 5.10 Å². The first kappa shape index (κ1) is 21.8. The van der Waals surface area contributed by atoms with Crippen molar-refractivity contribution in [1.82, 2.24) is 19.6 Å². The van der Waals surface area contributed by atoms with E-state index < -0.39 is 0 Å². The Morgan fingerprint density at radius 3 is 2.44 bits per heavy atom. The summed E-state index contributed by atoms with van der Waals surface area (Å²) in [7, 11) is 0. The minimum absolute atomic E-state index is 0.107. The molecule has 6 heteroatoms. The second-order valence-corrected chi connectivity index (χ2v) is 9.71. The molecular weight excluding hydrogens is 484 g/mol. The molecule has 39 heavy (non-hydrogen) atoms. The van der Waals surface area contributed by atoms with Crippen LogP contribution in [0, 0.1) is 0 Å². The van der Waals surface area contributed by atoms with Crippen molar-refractivity contribution in [3.8, 4) is 17.4 Å². The zero-order valence-electron chi connectivity index (χ0n) is 20.9. The lowest BCUT2D eigenvalue weighted by atomic mass is 9.83. The van der Waals surface area contributed by atoms with Crippen LogP contribution in [0.1, 0.15) is 28.4 Å². The third kappa shape index (κ3) is 3.61. The van der Waals surface area contributed by atoms with Crippen LogP contribution in [-0.2, 0) is 6.61 Å². The molecule has 0 N–H and O–H groups in total. The number of aromatic nitrogens is 4. The summed E-state index contributed by atoms with van der Waals surface area (Å²) in [6.45, 7) is 0.243. The highest BCUT2D eigenvalue weighted by Crippen LogP contribution is 2.50. The number of rotatable bonds is 4. The van der Waals surface area contributed by atoms with Crippen LogP contribution in [0.15, 0.2) is 116 Å². The van der Waals surface area contributed by atoms with Gasteiger partial charge in [-0.05, 0) is 33.9 Å². The third-order valence-corrected chi connectivity index (χ3v) is 7.36. The summed E-state index contributed by atoms with van der Waals surface area (Å²) in [6, 6.07) is 37.3. The van der Waals surface area contributed by atoms with E-state index in [9.17, 15) is 0 Å². The first-order valence-corrected chi connectivity index (χ1v) is 12.9. The van der Waals surface area contributed by atoms with E-state index in [2.05, 4.69) is 66.7 Å². The molecule has 0 saturated carbocycles. The molecule has 3 heterocycles. The zero-order chi connectivity index (χ0) is 25.8. The van der Waals surface area contributed by atoms with Crippen molar-refractivity contribution in [3.05, 3.63) is 138 Å². The number of fused-ring (bicyclic) bond motifs is 7. The monoisotopic (exact) mass is 506 g/mol. The first-order chi connectivity index (χ1) is 19.3. The van der Waals surface area contributed by atoms with E-state index in [1.54, 1.807) is 10.8 Å². The average molecular weight is 507 g/mol. The van der Waals surface area contributed by atoms with Crippen LogP contribution in [0.2, 0.25) is 0 Å². The van der Waals surface area contributed by atoms with Gasteiger partial charge in [0.15, 0.2) is 11.5 Å². The second kappa shape index (κ2) is 8.67. The Labute approximate surface area is 224 Å². The van der Waals surface area contributed by atoms with Crippen molar-refractivity contribution >= 4 is 27.2 Å². The minimum atomic E-state index is -0.107. The smallest absolute Gasteiger partial charge is 0.228 e. The van der Waals surface area contributed by atoms with Crippen molar-refractivity contribution in [2.75, 3.05) is 0 Å². The van der Waals surface area contributed by atoms with E-state index in [-0.39, 0.29) is 12.5 Å². The SMILES string of the molecule is c1ccc([C@H]2c3ccc4ccccc4c3Oc3ncn4nc(COc5ccc6ccccc6c5)nc4c32)cc1. The number of hydrogen-bond acceptors (Lipinski definition) is 5. The van der Waals surface area contributed by atoms with E-state index in [4.69, 9.17) is 24.5 Å². The van der Waals surface area contributed by atoms with Crippen molar-refractivity contribution < 1.29 is 9.47 Å². The summed E-state index contributed by atoms with van der Waals surface area (Å²) >= 11 is 0. The fourth-order valence-corrected chi connectivity index (χ4v) is 5.55. The lowest BCUT2D eigenvalue weighted by molar-refractivity contribution is 0.296. The standard InChI is InChI=1S/C33H22N4O2/c1-2-10-23(11-3-1)29-27-17-15-22-9-6-7-13-26(22)31(27)39-33-30(29)32-35-28(36-37(32)20-34-33)19-38-25-16-14-21-8-4-5-12-24(21)18-25/h1-18,20,29H,19H2/t29-/m0/s1. The largest absolute Gasteiger partial charge is 0.486 e. The Morgan fingerprint density at radius 2 is 1.54 bits per heavy atom. The number of hydrogen-bond donors (Lipinski definition) is 0. The predicted molar refractivity (Wildman–Crippen MR) is 150 cm³/mol. The van der Waals surface area contributed by atoms with Gasteiger partial charge in [-0.2, -0.15) is 0 Å². The van der Waals surface area contributed by atoms with Gasteiger partial charge >= 0.3 is 0 Å². The summed E-state index contributed by atoms with van der Waals surface area (Å²) in [5, 5.41) is 9.19. The lowest BCUT2D eigenvalue weighted by Gasteiger charge is -2.28. The quantitative estimate of drug-likeness (QED) is 0.251. The number of ether oxygens (including phenoxy) is 2. The predicted octanol–water partition coefficient (Wildman–Crippen LogP) is 7.30. The van der Waals surface area contributed by atoms with Gasteiger partial charge in [-0.3, -0.25) is 0 Å². The van der Waals surface area contributed by atoms with Crippen LogP contribution in [0.3, 0.4) is 0 Å². The molecule has 0 bridgehead atoms. The van der Waals surface area contributed by atoms with Crippen LogP contribution in [0.4, 0.5) is 0 Å². The molecule has 0 spiro atoms. The molecule has 1 atom stereocenters. The molecule has 186 valence electrons. The van der Waals surface area contributed by atoms with Crippen LogP contribution >= 0.6 is 0 Å². The van der Waals surface area contributed by atoms with Crippen molar-refractivity contribution in [2.45, 2.75) is 12.5 Å². The average Bonchev–Trinajstić information content (AvgIpc) is 3.43. The maximum Gasteiger partial charge on any atom is 0.228 e. The summed E-state index contributed by atoms with van der Waals surface area (Å²) in [5.74, 6) is 2.64. The van der Waals surface area contributed by atoms with Crippen molar-refractivity contribution in [2.24, 2.45) is 0 Å². The minimum Gasteiger partial charge on any atom is -0.486 e. The molecule has 0 saturated heterocycles. The molecule has 0 unspecified atom stereocenters. The van der Waals surface area contributed by atoms with E-state index in [0.29, 0.717) is 17.4 Å². The summed E-state index contributed by atoms with van der Waals surface area (Å²) in [4.78, 5) is 9.61. The Kier molecular flexibility index (Phi) is 4.85. The highest BCUT2D eigenvalue weighted by molar-refractivity contribution is 5.91. The topological polar surface area (TPSA) is 61.5 Å². The molecule has 0 amide bonds. The normalized spacial score (nSPS) is 14.2. The second-order valence-electron chi connectivity index (χ2n) is 9.71. The van der Waals surface area contributed by atoms with Crippen LogP contribution in [0.25, 0.3) is 27.2 Å². The van der Waals surface area contributed by atoms with Gasteiger partial charge in [0.1, 0.15) is 24.4 Å². The molecule has 0 radical (unpaired) electrons. The summed E-state index contributed by atoms with van der Waals surface area (Å²) in [6.07, 6.45) is 1.67. The Bertz CT molecular complexity index is 2020. The maximum absolute atomic E-state index is 6.51. The highest BCUT2D eigenvalue weighted by atomic mass is 16.5. The van der Waals surface area contributed by atoms with Gasteiger partial charge in [0.2, 0.25) is 5.88 Å². The highest BCUT2D eigenvalue weighted by Gasteiger charge is 2.34. The van der Waals surface area contributed by atoms with E-state index in [0.717, 1.165) is 44.3 Å². The van der Waals surface area contributed by atoms with Gasteiger partial charge in [0, 0.05) is 16.9 Å². The van der Waals surface area contributed by atoms with Gasteiger partial charge in [-0.1, -0.05) is 97.1 Å². The molecular formula is C33H22N4O2. The molecule has 7 aromatic rings. The molecule has 1 aliphatic rings. The maximum atomic E-state index is 6.51. The van der Waals surface area contributed by atoms with Crippen LogP contribution < -0.4 is 9.47 Å². The Morgan fingerprint density at radius 1 is 0.769 bits per heavy atom. The number of nitrogens with zero attached hydrogens (tertiary/aromatic N) is 4. The van der Waals surface area contributed by atoms with E-state index in [1.807, 2.05) is 42.5 Å². The lowest BCUT2D eigenvalue weighted by Crippen LogP contribution is -2.15. The third-order valence-electron chi connectivity index (χ3n) is 7.36. The van der Waals surface area contributed by atoms with Gasteiger partial charge < -0.3 is 9.47 Å². The summed E-state index contributed by atoms with van der Waals surface area (Å²) < 4.78 is 14.3. The van der Waals surface area contributed by atoms with Crippen molar-refractivity contribution in [1.29, 1.82) is 0 Å². The fraction of sp³-hybridized carbons (Fsp3) is 0.0606. The van der Waals surface area contributed by atoms with Gasteiger partial charge in [0.25, 0.3) is 0 Å². The molecule has 5 aromatic carbocycles. The van der Waals surface area contributed by atoms with Crippen LogP contribution in [-0.4, -0.2) is 19.6 Å². The Hall–Kier alpha value is -5.23. The zero-order valence-corrected chi connectivity index (χ0v) is 20.9. The van der Waals surface area contributed by atoms with Crippen molar-refractivity contribution in [3.63, 3.8) is 0 Å². The molecule has 6 nitrogen and oxygen atoms in total. The van der Waals surface area contributed by atoms with E-state index in [1.165, 1.54) is 5.39 Å². The molecule has 8 rings (SSSR count). The number of benzene rings is 5. The summed E-state index contributed by atoms with van der Waals surface area (Å²) in [5.41, 5.74) is 3.84. The molecule has 1 aliphatic heterocycles. The fourth-order valence-electron chi connectivity index (χ4n) is 5.55. The molecule has 0 aliphatic carbocycles.